The van der Waals surface area contributed by atoms with Crippen molar-refractivity contribution in [2.45, 2.75) is 34.6 Å². The lowest BCUT2D eigenvalue weighted by Gasteiger charge is -2.14. The predicted octanol–water partition coefficient (Wildman–Crippen LogP) is 3.80. The minimum atomic E-state index is 0.528. The van der Waals surface area contributed by atoms with Crippen molar-refractivity contribution < 1.29 is 0 Å². The van der Waals surface area contributed by atoms with Gasteiger partial charge in [0.15, 0.2) is 0 Å². The highest BCUT2D eigenvalue weighted by molar-refractivity contribution is 5.12. The molecule has 1 unspecified atom stereocenters. The maximum Gasteiger partial charge on any atom is -0.00493 e. The molecular weight excluding hydrogens is 132 g/mol. The second-order valence-electron chi connectivity index (χ2n) is 3.76. The zero-order chi connectivity index (χ0) is 9.02. The predicted molar refractivity (Wildman–Crippen MR) is 52.6 cm³/mol. The van der Waals surface area contributed by atoms with Gasteiger partial charge < -0.3 is 0 Å². The number of allylic oxidation sites excluding steroid dienone is 3. The molecule has 0 aliphatic rings. The molecular formula is C11H20. The number of hydrogen-bond acceptors (Lipinski definition) is 0. The average Bonchev–Trinajstić information content (AvgIpc) is 1.84. The van der Waals surface area contributed by atoms with Crippen molar-refractivity contribution >= 4 is 0 Å². The fourth-order valence-electron chi connectivity index (χ4n) is 1.13. The molecule has 0 saturated heterocycles. The molecule has 0 amide bonds. The zero-order valence-corrected chi connectivity index (χ0v) is 8.44. The Bertz CT molecular complexity index is 157. The van der Waals surface area contributed by atoms with E-state index < -0.39 is 0 Å². The first-order chi connectivity index (χ1) is 4.95. The van der Waals surface area contributed by atoms with Crippen LogP contribution >= 0.6 is 0 Å². The third-order valence-electron chi connectivity index (χ3n) is 1.91. The van der Waals surface area contributed by atoms with Crippen LogP contribution in [0.15, 0.2) is 23.8 Å². The van der Waals surface area contributed by atoms with E-state index in [4.69, 9.17) is 0 Å². The van der Waals surface area contributed by atoms with Crippen molar-refractivity contribution in [2.75, 3.05) is 0 Å². The van der Waals surface area contributed by atoms with E-state index in [0.29, 0.717) is 11.8 Å². The van der Waals surface area contributed by atoms with Crippen LogP contribution < -0.4 is 0 Å². The summed E-state index contributed by atoms with van der Waals surface area (Å²) in [5, 5.41) is 0. The Morgan fingerprint density at radius 2 is 1.64 bits per heavy atom. The summed E-state index contributed by atoms with van der Waals surface area (Å²) in [6.07, 6.45) is 2.27. The topological polar surface area (TPSA) is 0 Å². The quantitative estimate of drug-likeness (QED) is 0.539. The van der Waals surface area contributed by atoms with E-state index in [1.807, 2.05) is 0 Å². The Balaban J connectivity index is 4.15. The second-order valence-corrected chi connectivity index (χ2v) is 3.76. The van der Waals surface area contributed by atoms with E-state index in [0.717, 1.165) is 0 Å². The largest absolute Gasteiger partial charge is 0.0990 e. The van der Waals surface area contributed by atoms with Gasteiger partial charge >= 0.3 is 0 Å². The van der Waals surface area contributed by atoms with Gasteiger partial charge in [-0.1, -0.05) is 44.6 Å². The van der Waals surface area contributed by atoms with Crippen LogP contribution in [-0.2, 0) is 0 Å². The summed E-state index contributed by atoms with van der Waals surface area (Å²) in [4.78, 5) is 0. The molecule has 0 aliphatic heterocycles. The summed E-state index contributed by atoms with van der Waals surface area (Å²) < 4.78 is 0. The van der Waals surface area contributed by atoms with Crippen LogP contribution in [0, 0.1) is 11.8 Å². The van der Waals surface area contributed by atoms with E-state index in [-0.39, 0.29) is 0 Å². The van der Waals surface area contributed by atoms with Gasteiger partial charge in [-0.2, -0.15) is 0 Å². The molecule has 1 atom stereocenters. The lowest BCUT2D eigenvalue weighted by molar-refractivity contribution is 0.666. The van der Waals surface area contributed by atoms with Gasteiger partial charge in [-0.3, -0.25) is 0 Å². The Morgan fingerprint density at radius 1 is 1.18 bits per heavy atom. The first-order valence-electron chi connectivity index (χ1n) is 4.28. The molecule has 0 saturated carbocycles. The SMILES string of the molecule is C=C(C(C)C)C(C)C=C(C)C. The number of hydrogen-bond donors (Lipinski definition) is 0. The lowest BCUT2D eigenvalue weighted by atomic mass is 9.92. The van der Waals surface area contributed by atoms with Gasteiger partial charge in [-0.15, -0.1) is 0 Å². The first-order valence-corrected chi connectivity index (χ1v) is 4.28. The fourth-order valence-corrected chi connectivity index (χ4v) is 1.13. The summed E-state index contributed by atoms with van der Waals surface area (Å²) in [5.41, 5.74) is 2.70. The van der Waals surface area contributed by atoms with Crippen LogP contribution in [0.25, 0.3) is 0 Å². The van der Waals surface area contributed by atoms with Gasteiger partial charge in [0.25, 0.3) is 0 Å². The third-order valence-corrected chi connectivity index (χ3v) is 1.91. The summed E-state index contributed by atoms with van der Waals surface area (Å²) >= 11 is 0. The second kappa shape index (κ2) is 4.38. The van der Waals surface area contributed by atoms with E-state index in [9.17, 15) is 0 Å². The molecule has 0 aliphatic carbocycles. The average molecular weight is 152 g/mol. The monoisotopic (exact) mass is 152 g/mol. The molecule has 0 radical (unpaired) electrons. The first kappa shape index (κ1) is 10.5. The van der Waals surface area contributed by atoms with E-state index in [2.05, 4.69) is 47.3 Å². The summed E-state index contributed by atoms with van der Waals surface area (Å²) in [6.45, 7) is 14.9. The van der Waals surface area contributed by atoms with Crippen molar-refractivity contribution in [2.24, 2.45) is 11.8 Å². The lowest BCUT2D eigenvalue weighted by Crippen LogP contribution is -2.01. The van der Waals surface area contributed by atoms with Crippen LogP contribution in [0.3, 0.4) is 0 Å². The van der Waals surface area contributed by atoms with Crippen LogP contribution in [0.4, 0.5) is 0 Å². The van der Waals surface area contributed by atoms with Crippen molar-refractivity contribution in [3.05, 3.63) is 23.8 Å². The fraction of sp³-hybridized carbons (Fsp3) is 0.636. The Hall–Kier alpha value is -0.520. The molecule has 0 heteroatoms. The van der Waals surface area contributed by atoms with Crippen molar-refractivity contribution in [1.82, 2.24) is 0 Å². The molecule has 64 valence electrons. The van der Waals surface area contributed by atoms with E-state index in [1.54, 1.807) is 0 Å². The smallest absolute Gasteiger partial charge is 0.00493 e. The summed E-state index contributed by atoms with van der Waals surface area (Å²) in [7, 11) is 0. The van der Waals surface area contributed by atoms with E-state index >= 15 is 0 Å². The maximum absolute atomic E-state index is 4.06. The van der Waals surface area contributed by atoms with Crippen molar-refractivity contribution in [3.8, 4) is 0 Å². The maximum atomic E-state index is 4.06. The summed E-state index contributed by atoms with van der Waals surface area (Å²) in [6, 6.07) is 0. The molecule has 0 spiro atoms. The highest BCUT2D eigenvalue weighted by Crippen LogP contribution is 2.19. The molecule has 0 fully saturated rings. The minimum Gasteiger partial charge on any atom is -0.0990 e. The summed E-state index contributed by atoms with van der Waals surface area (Å²) in [5.74, 6) is 1.13. The molecule has 0 aromatic heterocycles. The van der Waals surface area contributed by atoms with Crippen LogP contribution in [0.2, 0.25) is 0 Å². The van der Waals surface area contributed by atoms with Gasteiger partial charge in [0.1, 0.15) is 0 Å². The molecule has 0 aromatic carbocycles. The molecule has 0 heterocycles. The van der Waals surface area contributed by atoms with Gasteiger partial charge in [-0.25, -0.2) is 0 Å². The van der Waals surface area contributed by atoms with Gasteiger partial charge in [0, 0.05) is 0 Å². The molecule has 0 aromatic rings. The molecule has 0 N–H and O–H groups in total. The molecule has 0 rings (SSSR count). The van der Waals surface area contributed by atoms with Crippen LogP contribution in [0.5, 0.6) is 0 Å². The highest BCUT2D eigenvalue weighted by atomic mass is 14.1. The minimum absolute atomic E-state index is 0.528. The van der Waals surface area contributed by atoms with Gasteiger partial charge in [0.05, 0.1) is 0 Å². The van der Waals surface area contributed by atoms with Crippen LogP contribution in [-0.4, -0.2) is 0 Å². The standard InChI is InChI=1S/C11H20/c1-8(2)7-10(5)11(6)9(3)4/h7,9-10H,6H2,1-5H3. The molecule has 0 bridgehead atoms. The van der Waals surface area contributed by atoms with Gasteiger partial charge in [-0.05, 0) is 25.7 Å². The van der Waals surface area contributed by atoms with Crippen molar-refractivity contribution in [3.63, 3.8) is 0 Å². The molecule has 0 nitrogen and oxygen atoms in total. The zero-order valence-electron chi connectivity index (χ0n) is 8.44. The van der Waals surface area contributed by atoms with E-state index in [1.165, 1.54) is 11.1 Å². The Kier molecular flexibility index (Phi) is 4.17. The normalized spacial score (nSPS) is 12.9. The molecule has 11 heavy (non-hydrogen) atoms. The number of rotatable bonds is 3. The Morgan fingerprint density at radius 3 is 1.91 bits per heavy atom. The Labute approximate surface area is 71.0 Å². The van der Waals surface area contributed by atoms with Gasteiger partial charge in [0.2, 0.25) is 0 Å². The third kappa shape index (κ3) is 4.02. The highest BCUT2D eigenvalue weighted by Gasteiger charge is 2.06. The van der Waals surface area contributed by atoms with Crippen molar-refractivity contribution in [1.29, 1.82) is 0 Å². The van der Waals surface area contributed by atoms with Crippen LogP contribution in [0.1, 0.15) is 34.6 Å².